The molecule has 272 valence electrons. The van der Waals surface area contributed by atoms with Crippen LogP contribution in [-0.2, 0) is 27.2 Å². The van der Waals surface area contributed by atoms with Gasteiger partial charge in [0.1, 0.15) is 16.4 Å². The summed E-state index contributed by atoms with van der Waals surface area (Å²) in [5, 5.41) is 8.85. The molecule has 3 aromatic carbocycles. The second-order valence-electron chi connectivity index (χ2n) is 12.2. The fourth-order valence-corrected chi connectivity index (χ4v) is 8.18. The zero-order chi connectivity index (χ0) is 36.9. The van der Waals surface area contributed by atoms with Crippen LogP contribution in [0.1, 0.15) is 89.6 Å². The number of ether oxygens (including phenoxy) is 2. The maximum absolute atomic E-state index is 13.7. The van der Waals surface area contributed by atoms with Crippen molar-refractivity contribution < 1.29 is 28.7 Å². The van der Waals surface area contributed by atoms with Crippen molar-refractivity contribution in [2.75, 3.05) is 23.8 Å². The van der Waals surface area contributed by atoms with Crippen molar-refractivity contribution in [1.29, 1.82) is 0 Å². The van der Waals surface area contributed by atoms with Gasteiger partial charge in [-0.3, -0.25) is 14.4 Å². The first-order chi connectivity index (χ1) is 25.3. The highest BCUT2D eigenvalue weighted by molar-refractivity contribution is 8.00. The summed E-state index contributed by atoms with van der Waals surface area (Å²) in [7, 11) is 0. The van der Waals surface area contributed by atoms with Gasteiger partial charge >= 0.3 is 5.97 Å². The molecule has 1 aliphatic rings. The van der Waals surface area contributed by atoms with E-state index in [1.165, 1.54) is 23.1 Å². The van der Waals surface area contributed by atoms with E-state index in [0.29, 0.717) is 46.2 Å². The minimum Gasteiger partial charge on any atom is -0.494 e. The summed E-state index contributed by atoms with van der Waals surface area (Å²) in [6.45, 7) is 6.42. The van der Waals surface area contributed by atoms with E-state index in [2.05, 4.69) is 16.0 Å². The average molecular weight is 740 g/mol. The van der Waals surface area contributed by atoms with Crippen LogP contribution in [0.2, 0.25) is 0 Å². The molecule has 0 radical (unpaired) electrons. The van der Waals surface area contributed by atoms with Crippen LogP contribution in [0.25, 0.3) is 6.08 Å². The molecule has 0 saturated heterocycles. The number of anilines is 2. The third kappa shape index (κ3) is 10.4. The monoisotopic (exact) mass is 739 g/mol. The Hall–Kier alpha value is -4.87. The third-order valence-electron chi connectivity index (χ3n) is 8.45. The summed E-state index contributed by atoms with van der Waals surface area (Å²) in [5.41, 5.74) is 3.18. The predicted octanol–water partition coefficient (Wildman–Crippen LogP) is 8.90. The lowest BCUT2D eigenvalue weighted by Gasteiger charge is -2.16. The SMILES string of the molecule is CCOC(=O)c1c(NC(=O)C(CC)Sc2cccc(NC(=O)/C(=C\c3ccc(OCC)cc3)NC(=O)c3ccccc3)c2)sc2c1CCCCCC2. The molecule has 3 amide bonds. The van der Waals surface area contributed by atoms with Gasteiger partial charge in [-0.15, -0.1) is 23.1 Å². The van der Waals surface area contributed by atoms with Crippen LogP contribution in [0.3, 0.4) is 0 Å². The quantitative estimate of drug-likeness (QED) is 0.0671. The number of hydrogen-bond donors (Lipinski definition) is 3. The second kappa shape index (κ2) is 19.1. The second-order valence-corrected chi connectivity index (χ2v) is 14.6. The topological polar surface area (TPSA) is 123 Å². The lowest BCUT2D eigenvalue weighted by Crippen LogP contribution is -2.30. The van der Waals surface area contributed by atoms with E-state index in [-0.39, 0.29) is 18.2 Å². The van der Waals surface area contributed by atoms with Gasteiger partial charge < -0.3 is 25.4 Å². The fourth-order valence-electron chi connectivity index (χ4n) is 5.89. The average Bonchev–Trinajstić information content (AvgIpc) is 3.46. The summed E-state index contributed by atoms with van der Waals surface area (Å²) in [6, 6.07) is 23.1. The van der Waals surface area contributed by atoms with Gasteiger partial charge in [-0.25, -0.2) is 4.79 Å². The van der Waals surface area contributed by atoms with Crippen molar-refractivity contribution in [1.82, 2.24) is 5.32 Å². The van der Waals surface area contributed by atoms with Crippen LogP contribution in [0.15, 0.2) is 89.5 Å². The molecule has 1 aliphatic carbocycles. The number of thiophene rings is 1. The molecule has 52 heavy (non-hydrogen) atoms. The molecular formula is C41H45N3O6S2. The number of nitrogens with one attached hydrogen (secondary N) is 3. The number of fused-ring (bicyclic) bond motifs is 1. The molecule has 1 unspecified atom stereocenters. The first kappa shape index (κ1) is 38.4. The summed E-state index contributed by atoms with van der Waals surface area (Å²) in [5.74, 6) is -0.823. The van der Waals surface area contributed by atoms with Crippen molar-refractivity contribution in [2.45, 2.75) is 75.9 Å². The van der Waals surface area contributed by atoms with E-state index in [0.717, 1.165) is 53.9 Å². The first-order valence-electron chi connectivity index (χ1n) is 17.8. The van der Waals surface area contributed by atoms with Gasteiger partial charge in [0.25, 0.3) is 11.8 Å². The maximum atomic E-state index is 13.7. The highest BCUT2D eigenvalue weighted by Crippen LogP contribution is 2.38. The van der Waals surface area contributed by atoms with Crippen molar-refractivity contribution in [2.24, 2.45) is 0 Å². The molecule has 0 saturated carbocycles. The lowest BCUT2D eigenvalue weighted by molar-refractivity contribution is -0.116. The van der Waals surface area contributed by atoms with Crippen molar-refractivity contribution in [3.8, 4) is 5.75 Å². The van der Waals surface area contributed by atoms with Gasteiger partial charge in [0.15, 0.2) is 0 Å². The predicted molar refractivity (Wildman–Crippen MR) is 209 cm³/mol. The van der Waals surface area contributed by atoms with Crippen LogP contribution < -0.4 is 20.7 Å². The summed E-state index contributed by atoms with van der Waals surface area (Å²) in [4.78, 5) is 55.6. The zero-order valence-electron chi connectivity index (χ0n) is 29.8. The molecular weight excluding hydrogens is 695 g/mol. The molecule has 0 fully saturated rings. The highest BCUT2D eigenvalue weighted by atomic mass is 32.2. The number of aryl methyl sites for hydroxylation is 1. The molecule has 1 atom stereocenters. The van der Waals surface area contributed by atoms with Gasteiger partial charge in [0.2, 0.25) is 5.91 Å². The van der Waals surface area contributed by atoms with E-state index in [9.17, 15) is 19.2 Å². The van der Waals surface area contributed by atoms with E-state index >= 15 is 0 Å². The maximum Gasteiger partial charge on any atom is 0.341 e. The van der Waals surface area contributed by atoms with Gasteiger partial charge in [-0.2, -0.15) is 0 Å². The molecule has 9 nitrogen and oxygen atoms in total. The first-order valence-corrected chi connectivity index (χ1v) is 19.5. The van der Waals surface area contributed by atoms with Crippen LogP contribution in [0.4, 0.5) is 10.7 Å². The lowest BCUT2D eigenvalue weighted by atomic mass is 9.96. The minimum atomic E-state index is -0.509. The number of amides is 3. The molecule has 1 heterocycles. The molecule has 5 rings (SSSR count). The number of benzene rings is 3. The number of rotatable bonds is 14. The van der Waals surface area contributed by atoms with E-state index in [1.807, 2.05) is 38.1 Å². The molecule has 0 spiro atoms. The van der Waals surface area contributed by atoms with Gasteiger partial charge in [-0.05, 0) is 106 Å². The standard InChI is InChI=1S/C41H45N3O6S2/c1-4-34(39(47)44-40-36(41(48)50-6-3)32-19-12-7-8-13-20-35(32)52-40)51-31-18-14-17-29(26-31)42-38(46)33(43-37(45)28-15-10-9-11-16-28)25-27-21-23-30(24-22-27)49-5-2/h9-11,14-18,21-26,34H,4-8,12-13,19-20H2,1-3H3,(H,42,46)(H,43,45)(H,44,47)/b33-25+. The van der Waals surface area contributed by atoms with E-state index in [1.54, 1.807) is 67.6 Å². The highest BCUT2D eigenvalue weighted by Gasteiger charge is 2.28. The number of thioether (sulfide) groups is 1. The minimum absolute atomic E-state index is 0.0596. The van der Waals surface area contributed by atoms with Crippen molar-refractivity contribution in [3.63, 3.8) is 0 Å². The number of esters is 1. The Bertz CT molecular complexity index is 1890. The Morgan fingerprint density at radius 1 is 0.846 bits per heavy atom. The number of carbonyl (C=O) groups is 4. The van der Waals surface area contributed by atoms with Crippen molar-refractivity contribution in [3.05, 3.63) is 112 Å². The molecule has 4 aromatic rings. The fraction of sp³-hybridized carbons (Fsp3) is 0.317. The van der Waals surface area contributed by atoms with Gasteiger partial charge in [0.05, 0.1) is 24.0 Å². The molecule has 3 N–H and O–H groups in total. The smallest absolute Gasteiger partial charge is 0.341 e. The van der Waals surface area contributed by atoms with Crippen LogP contribution in [-0.4, -0.2) is 42.2 Å². The van der Waals surface area contributed by atoms with Crippen molar-refractivity contribution >= 4 is 63.6 Å². The Morgan fingerprint density at radius 2 is 1.60 bits per heavy atom. The largest absolute Gasteiger partial charge is 0.494 e. The normalized spacial score (nSPS) is 13.5. The van der Waals surface area contributed by atoms with Gasteiger partial charge in [-0.1, -0.05) is 56.2 Å². The van der Waals surface area contributed by atoms with Gasteiger partial charge in [0, 0.05) is 21.0 Å². The Balaban J connectivity index is 1.32. The number of carbonyl (C=O) groups excluding carboxylic acids is 4. The summed E-state index contributed by atoms with van der Waals surface area (Å²) < 4.78 is 11.0. The van der Waals surface area contributed by atoms with Crippen LogP contribution in [0.5, 0.6) is 5.75 Å². The molecule has 1 aromatic heterocycles. The molecule has 0 bridgehead atoms. The zero-order valence-corrected chi connectivity index (χ0v) is 31.4. The van der Waals surface area contributed by atoms with E-state index < -0.39 is 23.0 Å². The number of hydrogen-bond acceptors (Lipinski definition) is 8. The third-order valence-corrected chi connectivity index (χ3v) is 11.0. The van der Waals surface area contributed by atoms with Crippen LogP contribution in [0, 0.1) is 0 Å². The summed E-state index contributed by atoms with van der Waals surface area (Å²) >= 11 is 2.86. The summed E-state index contributed by atoms with van der Waals surface area (Å²) in [6.07, 6.45) is 8.17. The Morgan fingerprint density at radius 3 is 2.31 bits per heavy atom. The molecule has 11 heteroatoms. The Kier molecular flexibility index (Phi) is 14.1. The Labute approximate surface area is 313 Å². The van der Waals surface area contributed by atoms with E-state index in [4.69, 9.17) is 9.47 Å². The molecule has 0 aliphatic heterocycles. The van der Waals surface area contributed by atoms with Crippen LogP contribution >= 0.6 is 23.1 Å².